The van der Waals surface area contributed by atoms with Crippen LogP contribution in [0.15, 0.2) is 60.9 Å². The third-order valence-corrected chi connectivity index (χ3v) is 5.94. The van der Waals surface area contributed by atoms with Crippen molar-refractivity contribution in [1.82, 2.24) is 9.97 Å². The summed E-state index contributed by atoms with van der Waals surface area (Å²) in [5, 5.41) is 12.5. The maximum Gasteiger partial charge on any atom is 0.225 e. The molecule has 3 heterocycles. The summed E-state index contributed by atoms with van der Waals surface area (Å²) >= 11 is 0. The summed E-state index contributed by atoms with van der Waals surface area (Å²) in [5.74, 6) is 1.57. The molecule has 2 atom stereocenters. The van der Waals surface area contributed by atoms with E-state index in [0.717, 1.165) is 22.5 Å². The molecule has 0 saturated carbocycles. The van der Waals surface area contributed by atoms with Crippen molar-refractivity contribution < 1.29 is 9.59 Å². The monoisotopic (exact) mass is 428 g/mol. The summed E-state index contributed by atoms with van der Waals surface area (Å²) in [7, 11) is 0. The van der Waals surface area contributed by atoms with Crippen LogP contribution in [-0.4, -0.2) is 34.9 Å². The van der Waals surface area contributed by atoms with Crippen molar-refractivity contribution in [2.45, 2.75) is 24.7 Å². The molecule has 3 aromatic rings. The first-order chi connectivity index (χ1) is 15.7. The van der Waals surface area contributed by atoms with Crippen molar-refractivity contribution in [3.63, 3.8) is 0 Å². The molecule has 2 aliphatic rings. The highest BCUT2D eigenvalue weighted by atomic mass is 16.2. The number of anilines is 4. The van der Waals surface area contributed by atoms with Gasteiger partial charge in [0.2, 0.25) is 11.8 Å². The van der Waals surface area contributed by atoms with Gasteiger partial charge in [-0.3, -0.25) is 9.59 Å². The Morgan fingerprint density at radius 3 is 1.72 bits per heavy atom. The van der Waals surface area contributed by atoms with E-state index in [1.165, 1.54) is 6.33 Å². The number of carbonyl (C=O) groups excluding carboxylic acids is 2. The molecular weight excluding hydrogens is 404 g/mol. The number of nitrogens with zero attached hydrogens (tertiary/aromatic N) is 2. The van der Waals surface area contributed by atoms with Crippen LogP contribution in [0.2, 0.25) is 0 Å². The van der Waals surface area contributed by atoms with Gasteiger partial charge in [-0.15, -0.1) is 0 Å². The first-order valence-corrected chi connectivity index (χ1v) is 10.7. The Kier molecular flexibility index (Phi) is 5.41. The minimum absolute atomic E-state index is 0.0253. The van der Waals surface area contributed by atoms with E-state index in [0.29, 0.717) is 37.6 Å². The van der Waals surface area contributed by atoms with Crippen LogP contribution in [0.4, 0.5) is 23.0 Å². The molecule has 0 bridgehead atoms. The molecule has 0 radical (unpaired) electrons. The number of benzene rings is 2. The van der Waals surface area contributed by atoms with Gasteiger partial charge in [-0.1, -0.05) is 36.4 Å². The number of aromatic nitrogens is 2. The van der Waals surface area contributed by atoms with Crippen molar-refractivity contribution in [2.75, 3.05) is 34.4 Å². The number of amides is 2. The van der Waals surface area contributed by atoms with E-state index in [-0.39, 0.29) is 23.7 Å². The van der Waals surface area contributed by atoms with Crippen molar-refractivity contribution in [2.24, 2.45) is 0 Å². The average molecular weight is 428 g/mol. The van der Waals surface area contributed by atoms with E-state index < -0.39 is 0 Å². The lowest BCUT2D eigenvalue weighted by Gasteiger charge is -2.26. The normalized spacial score (nSPS) is 19.2. The van der Waals surface area contributed by atoms with Crippen molar-refractivity contribution >= 4 is 34.8 Å². The highest BCUT2D eigenvalue weighted by Gasteiger charge is 2.26. The third kappa shape index (κ3) is 4.25. The minimum atomic E-state index is 0.0253. The second kappa shape index (κ2) is 8.66. The standard InChI is InChI=1S/C24H24N6O2/c31-23-9-15(17-5-1-3-7-19(17)29-23)12-25-21-11-22(28-14-27-21)26-13-16-10-24(32)30-20-8-4-2-6-18(16)20/h1-8,11,14-16H,9-10,12-13H2,(H,29,31)(H,30,32)(H2,25,26,27,28). The van der Waals surface area contributed by atoms with Crippen LogP contribution in [-0.2, 0) is 9.59 Å². The molecule has 8 heteroatoms. The summed E-state index contributed by atoms with van der Waals surface area (Å²) < 4.78 is 0. The fraction of sp³-hybridized carbons (Fsp3) is 0.250. The van der Waals surface area contributed by atoms with Gasteiger partial charge in [0.1, 0.15) is 18.0 Å². The average Bonchev–Trinajstić information content (AvgIpc) is 2.81. The number of fused-ring (bicyclic) bond motifs is 2. The van der Waals surface area contributed by atoms with Crippen molar-refractivity contribution in [1.29, 1.82) is 0 Å². The second-order valence-electron chi connectivity index (χ2n) is 8.12. The molecule has 8 nitrogen and oxygen atoms in total. The molecule has 5 rings (SSSR count). The van der Waals surface area contributed by atoms with Gasteiger partial charge in [-0.05, 0) is 23.3 Å². The summed E-state index contributed by atoms with van der Waals surface area (Å²) in [4.78, 5) is 32.7. The molecule has 162 valence electrons. The predicted octanol–water partition coefficient (Wildman–Crippen LogP) is 3.55. The SMILES string of the molecule is O=C1CC(CNc2cc(NCC3CC(=O)Nc4ccccc43)ncn2)c2ccccc2N1. The van der Waals surface area contributed by atoms with Gasteiger partial charge >= 0.3 is 0 Å². The number of carbonyl (C=O) groups is 2. The summed E-state index contributed by atoms with van der Waals surface area (Å²) in [6, 6.07) is 17.6. The number of hydrogen-bond donors (Lipinski definition) is 4. The van der Waals surface area contributed by atoms with Crippen LogP contribution in [0.5, 0.6) is 0 Å². The lowest BCUT2D eigenvalue weighted by Crippen LogP contribution is -2.27. The first kappa shape index (κ1) is 20.0. The quantitative estimate of drug-likeness (QED) is 0.478. The van der Waals surface area contributed by atoms with Crippen LogP contribution in [0.25, 0.3) is 0 Å². The van der Waals surface area contributed by atoms with E-state index in [2.05, 4.69) is 31.2 Å². The highest BCUT2D eigenvalue weighted by Crippen LogP contribution is 2.33. The maximum absolute atomic E-state index is 12.0. The molecule has 32 heavy (non-hydrogen) atoms. The van der Waals surface area contributed by atoms with Crippen LogP contribution in [0.1, 0.15) is 35.8 Å². The highest BCUT2D eigenvalue weighted by molar-refractivity contribution is 5.95. The molecule has 2 aliphatic heterocycles. The zero-order valence-corrected chi connectivity index (χ0v) is 17.5. The molecule has 2 unspecified atom stereocenters. The van der Waals surface area contributed by atoms with Gasteiger partial charge in [0.05, 0.1) is 0 Å². The zero-order valence-electron chi connectivity index (χ0n) is 17.5. The Hall–Kier alpha value is -3.94. The number of nitrogens with one attached hydrogen (secondary N) is 4. The van der Waals surface area contributed by atoms with E-state index in [1.807, 2.05) is 54.6 Å². The zero-order chi connectivity index (χ0) is 21.9. The molecule has 1 aromatic heterocycles. The van der Waals surface area contributed by atoms with Gasteiger partial charge in [0.25, 0.3) is 0 Å². The van der Waals surface area contributed by atoms with E-state index >= 15 is 0 Å². The fourth-order valence-corrected chi connectivity index (χ4v) is 4.37. The van der Waals surface area contributed by atoms with E-state index in [1.54, 1.807) is 0 Å². The third-order valence-electron chi connectivity index (χ3n) is 5.94. The lowest BCUT2D eigenvalue weighted by atomic mass is 9.90. The number of rotatable bonds is 6. The fourth-order valence-electron chi connectivity index (χ4n) is 4.37. The predicted molar refractivity (Wildman–Crippen MR) is 124 cm³/mol. The molecule has 2 aromatic carbocycles. The second-order valence-corrected chi connectivity index (χ2v) is 8.12. The molecule has 4 N–H and O–H groups in total. The van der Waals surface area contributed by atoms with E-state index in [9.17, 15) is 9.59 Å². The smallest absolute Gasteiger partial charge is 0.225 e. The molecule has 2 amide bonds. The number of hydrogen-bond acceptors (Lipinski definition) is 6. The maximum atomic E-state index is 12.0. The van der Waals surface area contributed by atoms with Crippen LogP contribution in [0.3, 0.4) is 0 Å². The topological polar surface area (TPSA) is 108 Å². The first-order valence-electron chi connectivity index (χ1n) is 10.7. The van der Waals surface area contributed by atoms with Crippen LogP contribution in [0, 0.1) is 0 Å². The van der Waals surface area contributed by atoms with Gasteiger partial charge in [-0.25, -0.2) is 9.97 Å². The molecule has 0 spiro atoms. The van der Waals surface area contributed by atoms with Crippen molar-refractivity contribution in [3.8, 4) is 0 Å². The van der Waals surface area contributed by atoms with E-state index in [4.69, 9.17) is 0 Å². The summed E-state index contributed by atoms with van der Waals surface area (Å²) in [6.45, 7) is 1.19. The summed E-state index contributed by atoms with van der Waals surface area (Å²) in [6.07, 6.45) is 2.38. The largest absolute Gasteiger partial charge is 0.369 e. The molecule has 0 aliphatic carbocycles. The Morgan fingerprint density at radius 1 is 0.750 bits per heavy atom. The van der Waals surface area contributed by atoms with Crippen molar-refractivity contribution in [3.05, 3.63) is 72.1 Å². The number of para-hydroxylation sites is 2. The Balaban J connectivity index is 1.23. The summed E-state index contributed by atoms with van der Waals surface area (Å²) in [5.41, 5.74) is 4.00. The van der Waals surface area contributed by atoms with Gasteiger partial charge in [-0.2, -0.15) is 0 Å². The van der Waals surface area contributed by atoms with Crippen LogP contribution < -0.4 is 21.3 Å². The van der Waals surface area contributed by atoms with Gasteiger partial charge < -0.3 is 21.3 Å². The lowest BCUT2D eigenvalue weighted by molar-refractivity contribution is -0.117. The Labute approximate surface area is 185 Å². The molecule has 0 fully saturated rings. The van der Waals surface area contributed by atoms with Crippen LogP contribution >= 0.6 is 0 Å². The molecule has 0 saturated heterocycles. The Morgan fingerprint density at radius 2 is 1.22 bits per heavy atom. The van der Waals surface area contributed by atoms with Gasteiger partial charge in [0, 0.05) is 55.2 Å². The molecular formula is C24H24N6O2. The Bertz CT molecular complexity index is 1080. The minimum Gasteiger partial charge on any atom is -0.369 e. The van der Waals surface area contributed by atoms with Gasteiger partial charge in [0.15, 0.2) is 0 Å².